The van der Waals surface area contributed by atoms with E-state index < -0.39 is 0 Å². The van der Waals surface area contributed by atoms with Gasteiger partial charge in [-0.3, -0.25) is 0 Å². The molecular formula is C23H21N. The van der Waals surface area contributed by atoms with Crippen LogP contribution in [0.5, 0.6) is 0 Å². The summed E-state index contributed by atoms with van der Waals surface area (Å²) in [6, 6.07) is 19.1. The lowest BCUT2D eigenvalue weighted by molar-refractivity contribution is 1.01. The van der Waals surface area contributed by atoms with Gasteiger partial charge in [0, 0.05) is 11.4 Å². The molecular weight excluding hydrogens is 290 g/mol. The van der Waals surface area contributed by atoms with Crippen LogP contribution in [0.3, 0.4) is 0 Å². The summed E-state index contributed by atoms with van der Waals surface area (Å²) in [7, 11) is 0. The third-order valence-electron chi connectivity index (χ3n) is 4.77. The molecule has 0 spiro atoms. The van der Waals surface area contributed by atoms with Gasteiger partial charge < -0.3 is 5.32 Å². The topological polar surface area (TPSA) is 12.0 Å². The molecule has 1 aliphatic rings. The molecule has 3 aromatic carbocycles. The van der Waals surface area contributed by atoms with Gasteiger partial charge in [-0.05, 0) is 70.3 Å². The molecule has 0 saturated carbocycles. The van der Waals surface area contributed by atoms with E-state index in [0.29, 0.717) is 0 Å². The van der Waals surface area contributed by atoms with E-state index in [1.54, 1.807) is 0 Å². The molecule has 0 amide bonds. The van der Waals surface area contributed by atoms with Crippen molar-refractivity contribution in [3.05, 3.63) is 82.8 Å². The van der Waals surface area contributed by atoms with Crippen LogP contribution >= 0.6 is 0 Å². The molecule has 0 fully saturated rings. The van der Waals surface area contributed by atoms with E-state index >= 15 is 0 Å². The second-order valence-corrected chi connectivity index (χ2v) is 6.31. The van der Waals surface area contributed by atoms with E-state index in [-0.39, 0.29) is 0 Å². The minimum atomic E-state index is 1.06. The van der Waals surface area contributed by atoms with E-state index in [4.69, 9.17) is 0 Å². The van der Waals surface area contributed by atoms with Crippen molar-refractivity contribution in [2.45, 2.75) is 19.8 Å². The molecule has 0 aliphatic heterocycles. The van der Waals surface area contributed by atoms with Gasteiger partial charge in [-0.2, -0.15) is 0 Å². The molecule has 0 saturated heterocycles. The lowest BCUT2D eigenvalue weighted by Crippen LogP contribution is -2.29. The molecule has 118 valence electrons. The first-order valence-corrected chi connectivity index (χ1v) is 8.49. The standard InChI is InChI=1S/C23H21N/c1-3-7-17-12-14-20-21(24-19-8-5-4-6-9-19)15-13-18-11-10-16(2)22(17)23(18)20/h3-11,13,15,24H,2,12,14H2,1H3/b7-3-. The molecule has 0 bridgehead atoms. The summed E-state index contributed by atoms with van der Waals surface area (Å²) in [5, 5.41) is 8.70. The molecule has 3 aromatic rings. The summed E-state index contributed by atoms with van der Waals surface area (Å²) in [5.74, 6) is 0. The van der Waals surface area contributed by atoms with Gasteiger partial charge in [0.1, 0.15) is 0 Å². The van der Waals surface area contributed by atoms with Gasteiger partial charge in [0.2, 0.25) is 0 Å². The van der Waals surface area contributed by atoms with Gasteiger partial charge in [0.05, 0.1) is 0 Å². The van der Waals surface area contributed by atoms with Crippen LogP contribution in [0.2, 0.25) is 0 Å². The average Bonchev–Trinajstić information content (AvgIpc) is 2.61. The minimum Gasteiger partial charge on any atom is -0.355 e. The molecule has 0 aromatic heterocycles. The number of hydrogen-bond donors (Lipinski definition) is 1. The van der Waals surface area contributed by atoms with Crippen molar-refractivity contribution in [1.29, 1.82) is 0 Å². The fourth-order valence-electron chi connectivity index (χ4n) is 3.71. The Morgan fingerprint density at radius 2 is 1.75 bits per heavy atom. The van der Waals surface area contributed by atoms with Crippen LogP contribution in [-0.4, -0.2) is 0 Å². The predicted octanol–water partition coefficient (Wildman–Crippen LogP) is 4.67. The summed E-state index contributed by atoms with van der Waals surface area (Å²) in [6.07, 6.45) is 6.49. The fraction of sp³-hybridized carbons (Fsp3) is 0.130. The molecule has 4 rings (SSSR count). The number of aryl methyl sites for hydroxylation is 1. The van der Waals surface area contributed by atoms with Crippen LogP contribution < -0.4 is 15.8 Å². The Kier molecular flexibility index (Phi) is 3.70. The van der Waals surface area contributed by atoms with E-state index in [2.05, 4.69) is 79.5 Å². The number of hydrogen-bond acceptors (Lipinski definition) is 1. The monoisotopic (exact) mass is 311 g/mol. The molecule has 1 N–H and O–H groups in total. The van der Waals surface area contributed by atoms with Crippen molar-refractivity contribution in [2.75, 3.05) is 5.32 Å². The second kappa shape index (κ2) is 6.01. The molecule has 1 aliphatic carbocycles. The summed E-state index contributed by atoms with van der Waals surface area (Å²) in [4.78, 5) is 0. The van der Waals surface area contributed by atoms with Crippen molar-refractivity contribution < 1.29 is 0 Å². The highest BCUT2D eigenvalue weighted by Gasteiger charge is 2.15. The summed E-state index contributed by atoms with van der Waals surface area (Å²) in [6.45, 7) is 6.37. The second-order valence-electron chi connectivity index (χ2n) is 6.31. The number of rotatable bonds is 3. The molecule has 24 heavy (non-hydrogen) atoms. The Bertz CT molecular complexity index is 1040. The predicted molar refractivity (Wildman–Crippen MR) is 105 cm³/mol. The normalized spacial score (nSPS) is 13.6. The average molecular weight is 311 g/mol. The van der Waals surface area contributed by atoms with Crippen LogP contribution in [0.15, 0.2) is 66.7 Å². The maximum absolute atomic E-state index is 4.29. The van der Waals surface area contributed by atoms with Crippen molar-refractivity contribution in [1.82, 2.24) is 0 Å². The first kappa shape index (κ1) is 14.8. The van der Waals surface area contributed by atoms with Crippen LogP contribution in [0.4, 0.5) is 11.4 Å². The third-order valence-corrected chi connectivity index (χ3v) is 4.77. The van der Waals surface area contributed by atoms with Crippen LogP contribution in [-0.2, 0) is 6.42 Å². The molecule has 1 heteroatoms. The fourth-order valence-corrected chi connectivity index (χ4v) is 3.71. The lowest BCUT2D eigenvalue weighted by atomic mass is 9.87. The van der Waals surface area contributed by atoms with Crippen molar-refractivity contribution >= 4 is 34.3 Å². The Morgan fingerprint density at radius 1 is 0.958 bits per heavy atom. The summed E-state index contributed by atoms with van der Waals surface area (Å²) >= 11 is 0. The number of allylic oxidation sites excluding steroid dienone is 2. The Labute approximate surface area is 142 Å². The number of nitrogens with one attached hydrogen (secondary N) is 1. The molecule has 0 radical (unpaired) electrons. The van der Waals surface area contributed by atoms with E-state index in [1.807, 2.05) is 6.07 Å². The zero-order valence-corrected chi connectivity index (χ0v) is 14.0. The van der Waals surface area contributed by atoms with Gasteiger partial charge in [-0.25, -0.2) is 0 Å². The minimum absolute atomic E-state index is 1.06. The maximum Gasteiger partial charge on any atom is 0.0423 e. The molecule has 1 nitrogen and oxygen atoms in total. The third kappa shape index (κ3) is 2.43. The highest BCUT2D eigenvalue weighted by Crippen LogP contribution is 2.31. The quantitative estimate of drug-likeness (QED) is 0.741. The first-order chi connectivity index (χ1) is 11.8. The maximum atomic E-state index is 4.29. The summed E-state index contributed by atoms with van der Waals surface area (Å²) < 4.78 is 0. The largest absolute Gasteiger partial charge is 0.355 e. The zero-order chi connectivity index (χ0) is 16.5. The van der Waals surface area contributed by atoms with Crippen LogP contribution in [0.25, 0.3) is 22.9 Å². The van der Waals surface area contributed by atoms with Crippen LogP contribution in [0, 0.1) is 0 Å². The van der Waals surface area contributed by atoms with Crippen molar-refractivity contribution in [3.63, 3.8) is 0 Å². The van der Waals surface area contributed by atoms with Gasteiger partial charge >= 0.3 is 0 Å². The lowest BCUT2D eigenvalue weighted by Gasteiger charge is -2.20. The van der Waals surface area contributed by atoms with Crippen molar-refractivity contribution in [3.8, 4) is 0 Å². The zero-order valence-electron chi connectivity index (χ0n) is 14.0. The number of anilines is 2. The highest BCUT2D eigenvalue weighted by atomic mass is 14.9. The molecule has 0 heterocycles. The molecule has 0 atom stereocenters. The molecule has 0 unspecified atom stereocenters. The Hall–Kier alpha value is -2.80. The van der Waals surface area contributed by atoms with Crippen molar-refractivity contribution in [2.24, 2.45) is 0 Å². The first-order valence-electron chi connectivity index (χ1n) is 8.49. The highest BCUT2D eigenvalue weighted by molar-refractivity contribution is 5.94. The van der Waals surface area contributed by atoms with Gasteiger partial charge in [-0.1, -0.05) is 55.1 Å². The SMILES string of the molecule is C=c1ccc2ccc(Nc3ccccc3)c3c2c1=C(/C=C\C)CC3. The van der Waals surface area contributed by atoms with E-state index in [9.17, 15) is 0 Å². The van der Waals surface area contributed by atoms with E-state index in [0.717, 1.165) is 23.7 Å². The number of benzene rings is 3. The van der Waals surface area contributed by atoms with Gasteiger partial charge in [0.25, 0.3) is 0 Å². The van der Waals surface area contributed by atoms with E-state index in [1.165, 1.54) is 32.8 Å². The van der Waals surface area contributed by atoms with Crippen LogP contribution in [0.1, 0.15) is 18.9 Å². The Morgan fingerprint density at radius 3 is 2.54 bits per heavy atom. The Balaban J connectivity index is 2.00. The van der Waals surface area contributed by atoms with Gasteiger partial charge in [0.15, 0.2) is 0 Å². The smallest absolute Gasteiger partial charge is 0.0423 e. The summed E-state index contributed by atoms with van der Waals surface area (Å²) in [5.41, 5.74) is 5.14. The number of para-hydroxylation sites is 1. The van der Waals surface area contributed by atoms with Gasteiger partial charge in [-0.15, -0.1) is 0 Å².